The maximum absolute atomic E-state index is 14.3. The van der Waals surface area contributed by atoms with Gasteiger partial charge in [0.15, 0.2) is 0 Å². The van der Waals surface area contributed by atoms with Crippen molar-refractivity contribution in [1.29, 1.82) is 0 Å². The van der Waals surface area contributed by atoms with E-state index in [-0.39, 0.29) is 34.8 Å². The van der Waals surface area contributed by atoms with Crippen LogP contribution in [0.15, 0.2) is 77.7 Å². The molecular formula is C32H37Cl2N3O5S. The van der Waals surface area contributed by atoms with Crippen LogP contribution in [0.5, 0.6) is 5.75 Å². The molecule has 0 saturated heterocycles. The van der Waals surface area contributed by atoms with E-state index in [4.69, 9.17) is 27.9 Å². The fourth-order valence-corrected chi connectivity index (χ4v) is 7.13. The quantitative estimate of drug-likeness (QED) is 0.244. The van der Waals surface area contributed by atoms with Crippen molar-refractivity contribution in [3.63, 3.8) is 0 Å². The van der Waals surface area contributed by atoms with Gasteiger partial charge in [-0.2, -0.15) is 0 Å². The number of carbonyl (C=O) groups is 2. The van der Waals surface area contributed by atoms with E-state index in [0.717, 1.165) is 36.4 Å². The van der Waals surface area contributed by atoms with Gasteiger partial charge in [-0.25, -0.2) is 8.42 Å². The van der Waals surface area contributed by atoms with Crippen molar-refractivity contribution in [2.45, 2.75) is 69.0 Å². The first-order valence-electron chi connectivity index (χ1n) is 14.4. The van der Waals surface area contributed by atoms with Gasteiger partial charge in [0.25, 0.3) is 10.0 Å². The lowest BCUT2D eigenvalue weighted by atomic mass is 9.95. The highest BCUT2D eigenvalue weighted by Crippen LogP contribution is 2.33. The van der Waals surface area contributed by atoms with Gasteiger partial charge in [-0.3, -0.25) is 13.9 Å². The van der Waals surface area contributed by atoms with Gasteiger partial charge in [-0.1, -0.05) is 85.8 Å². The molecule has 2 amide bonds. The Kier molecular flexibility index (Phi) is 11.3. The summed E-state index contributed by atoms with van der Waals surface area (Å²) in [6.45, 7) is 1.29. The molecule has 3 aromatic carbocycles. The van der Waals surface area contributed by atoms with Crippen LogP contribution in [-0.4, -0.2) is 50.9 Å². The van der Waals surface area contributed by atoms with E-state index in [1.807, 2.05) is 6.92 Å². The van der Waals surface area contributed by atoms with Gasteiger partial charge in [0.1, 0.15) is 18.3 Å². The molecule has 230 valence electrons. The molecule has 1 N–H and O–H groups in total. The Hall–Kier alpha value is -3.27. The molecule has 0 spiro atoms. The average Bonchev–Trinajstić information content (AvgIpc) is 3.02. The van der Waals surface area contributed by atoms with Gasteiger partial charge < -0.3 is 15.0 Å². The third-order valence-electron chi connectivity index (χ3n) is 7.64. The number of amides is 2. The largest absolute Gasteiger partial charge is 0.495 e. The summed E-state index contributed by atoms with van der Waals surface area (Å²) < 4.78 is 34.6. The van der Waals surface area contributed by atoms with Crippen molar-refractivity contribution < 1.29 is 22.7 Å². The van der Waals surface area contributed by atoms with Gasteiger partial charge in [0, 0.05) is 12.6 Å². The number of benzene rings is 3. The van der Waals surface area contributed by atoms with Crippen LogP contribution in [0.2, 0.25) is 10.0 Å². The number of hydrogen-bond donors (Lipinski definition) is 1. The Labute approximate surface area is 264 Å². The fourth-order valence-electron chi connectivity index (χ4n) is 5.37. The Morgan fingerprint density at radius 2 is 1.63 bits per heavy atom. The molecule has 1 aliphatic carbocycles. The minimum Gasteiger partial charge on any atom is -0.495 e. The fraction of sp³-hybridized carbons (Fsp3) is 0.375. The summed E-state index contributed by atoms with van der Waals surface area (Å²) in [6.07, 6.45) is 5.32. The van der Waals surface area contributed by atoms with Gasteiger partial charge in [-0.05, 0) is 61.2 Å². The summed E-state index contributed by atoms with van der Waals surface area (Å²) in [5, 5.41) is 3.82. The first-order chi connectivity index (χ1) is 20.6. The van der Waals surface area contributed by atoms with E-state index in [0.29, 0.717) is 22.0 Å². The molecule has 0 bridgehead atoms. The highest BCUT2D eigenvalue weighted by atomic mass is 35.5. The monoisotopic (exact) mass is 645 g/mol. The molecule has 8 nitrogen and oxygen atoms in total. The minimum atomic E-state index is -4.21. The number of nitrogens with one attached hydrogen (secondary N) is 1. The lowest BCUT2D eigenvalue weighted by Crippen LogP contribution is -2.54. The van der Waals surface area contributed by atoms with E-state index in [2.05, 4.69) is 5.32 Å². The van der Waals surface area contributed by atoms with Crippen molar-refractivity contribution >= 4 is 50.7 Å². The smallest absolute Gasteiger partial charge is 0.264 e. The lowest BCUT2D eigenvalue weighted by molar-refractivity contribution is -0.140. The second kappa shape index (κ2) is 14.9. The number of carbonyl (C=O) groups excluding carboxylic acids is 2. The molecular weight excluding hydrogens is 609 g/mol. The summed E-state index contributed by atoms with van der Waals surface area (Å²) in [5.74, 6) is -0.535. The molecule has 0 aromatic heterocycles. The number of hydrogen-bond acceptors (Lipinski definition) is 5. The predicted octanol–water partition coefficient (Wildman–Crippen LogP) is 6.45. The minimum absolute atomic E-state index is 0.0202. The van der Waals surface area contributed by atoms with Crippen molar-refractivity contribution in [1.82, 2.24) is 10.2 Å². The third kappa shape index (κ3) is 8.02. The number of para-hydroxylation sites is 2. The van der Waals surface area contributed by atoms with Crippen LogP contribution < -0.4 is 14.4 Å². The second-order valence-corrected chi connectivity index (χ2v) is 13.2. The molecule has 1 fully saturated rings. The summed E-state index contributed by atoms with van der Waals surface area (Å²) in [6, 6.07) is 18.7. The van der Waals surface area contributed by atoms with Crippen LogP contribution in [0.25, 0.3) is 0 Å². The molecule has 43 heavy (non-hydrogen) atoms. The molecule has 0 heterocycles. The maximum atomic E-state index is 14.3. The zero-order valence-electron chi connectivity index (χ0n) is 24.3. The van der Waals surface area contributed by atoms with Gasteiger partial charge >= 0.3 is 0 Å². The van der Waals surface area contributed by atoms with Crippen LogP contribution >= 0.6 is 23.2 Å². The highest BCUT2D eigenvalue weighted by Gasteiger charge is 2.35. The molecule has 1 saturated carbocycles. The van der Waals surface area contributed by atoms with Crippen molar-refractivity contribution in [3.8, 4) is 5.75 Å². The molecule has 4 rings (SSSR count). The number of sulfonamides is 1. The second-order valence-electron chi connectivity index (χ2n) is 10.5. The van der Waals surface area contributed by atoms with E-state index in [1.54, 1.807) is 60.7 Å². The van der Waals surface area contributed by atoms with Gasteiger partial charge in [0.2, 0.25) is 11.8 Å². The van der Waals surface area contributed by atoms with E-state index in [9.17, 15) is 18.0 Å². The molecule has 0 radical (unpaired) electrons. The standard InChI is InChI=1S/C32H37Cl2N3O5S/c1-3-28(32(39)35-24-12-6-4-7-13-24)36(21-23-18-19-26(33)27(34)20-23)31(38)22-37(29-16-10-11-17-30(29)42-2)43(40,41)25-14-8-5-9-15-25/h5,8-11,14-20,24,28H,3-4,6-7,12-13,21-22H2,1-2H3,(H,35,39)/t28-/m0/s1. The summed E-state index contributed by atoms with van der Waals surface area (Å²) in [7, 11) is -2.77. The van der Waals surface area contributed by atoms with E-state index < -0.39 is 28.5 Å². The Morgan fingerprint density at radius 3 is 2.28 bits per heavy atom. The maximum Gasteiger partial charge on any atom is 0.264 e. The summed E-state index contributed by atoms with van der Waals surface area (Å²) >= 11 is 12.4. The number of nitrogens with zero attached hydrogens (tertiary/aromatic N) is 2. The third-order valence-corrected chi connectivity index (χ3v) is 10.2. The molecule has 1 aliphatic rings. The Morgan fingerprint density at radius 1 is 0.953 bits per heavy atom. The highest BCUT2D eigenvalue weighted by molar-refractivity contribution is 7.92. The lowest BCUT2D eigenvalue weighted by Gasteiger charge is -2.34. The number of methoxy groups -OCH3 is 1. The van der Waals surface area contributed by atoms with Crippen LogP contribution in [0, 0.1) is 0 Å². The van der Waals surface area contributed by atoms with Crippen molar-refractivity contribution in [2.75, 3.05) is 18.0 Å². The first kappa shape index (κ1) is 32.6. The SMILES string of the molecule is CC[C@@H](C(=O)NC1CCCCC1)N(Cc1ccc(Cl)c(Cl)c1)C(=O)CN(c1ccccc1OC)S(=O)(=O)c1ccccc1. The average molecular weight is 647 g/mol. The van der Waals surface area contributed by atoms with Crippen LogP contribution in [0.1, 0.15) is 51.0 Å². The molecule has 11 heteroatoms. The predicted molar refractivity (Wildman–Crippen MR) is 170 cm³/mol. The topological polar surface area (TPSA) is 96.0 Å². The molecule has 0 aliphatic heterocycles. The number of rotatable bonds is 12. The molecule has 1 atom stereocenters. The summed E-state index contributed by atoms with van der Waals surface area (Å²) in [5.41, 5.74) is 0.859. The number of anilines is 1. The van der Waals surface area contributed by atoms with E-state index >= 15 is 0 Å². The molecule has 0 unspecified atom stereocenters. The zero-order chi connectivity index (χ0) is 31.0. The normalized spacial score (nSPS) is 14.5. The van der Waals surface area contributed by atoms with Crippen molar-refractivity contribution in [3.05, 3.63) is 88.4 Å². The van der Waals surface area contributed by atoms with Crippen LogP contribution in [0.3, 0.4) is 0 Å². The number of ether oxygens (including phenoxy) is 1. The van der Waals surface area contributed by atoms with Gasteiger partial charge in [-0.15, -0.1) is 0 Å². The van der Waals surface area contributed by atoms with Crippen LogP contribution in [-0.2, 0) is 26.2 Å². The summed E-state index contributed by atoms with van der Waals surface area (Å²) in [4.78, 5) is 29.4. The van der Waals surface area contributed by atoms with E-state index in [1.165, 1.54) is 24.1 Å². The first-order valence-corrected chi connectivity index (χ1v) is 16.6. The Balaban J connectivity index is 1.74. The molecule has 3 aromatic rings. The zero-order valence-corrected chi connectivity index (χ0v) is 26.7. The number of halogens is 2. The van der Waals surface area contributed by atoms with Crippen LogP contribution in [0.4, 0.5) is 5.69 Å². The Bertz CT molecular complexity index is 1510. The van der Waals surface area contributed by atoms with Crippen molar-refractivity contribution in [2.24, 2.45) is 0 Å². The van der Waals surface area contributed by atoms with Gasteiger partial charge in [0.05, 0.1) is 27.7 Å².